The van der Waals surface area contributed by atoms with Crippen LogP contribution in [0.25, 0.3) is 11.5 Å². The first-order valence-electron chi connectivity index (χ1n) is 6.07. The fourth-order valence-electron chi connectivity index (χ4n) is 1.56. The van der Waals surface area contributed by atoms with E-state index >= 15 is 0 Å². The van der Waals surface area contributed by atoms with E-state index in [1.807, 2.05) is 19.9 Å². The fourth-order valence-corrected chi connectivity index (χ4v) is 1.56. The van der Waals surface area contributed by atoms with Gasteiger partial charge in [-0.1, -0.05) is 13.0 Å². The highest BCUT2D eigenvalue weighted by molar-refractivity contribution is 5.58. The summed E-state index contributed by atoms with van der Waals surface area (Å²) in [5.74, 6) is 0.198. The monoisotopic (exact) mass is 259 g/mol. The van der Waals surface area contributed by atoms with Gasteiger partial charge in [0.2, 0.25) is 17.5 Å². The molecular formula is C14H14FN3O. The Balaban J connectivity index is 2.36. The van der Waals surface area contributed by atoms with Crippen molar-refractivity contribution in [3.05, 3.63) is 35.8 Å². The number of nitrogens with zero attached hydrogens (tertiary/aromatic N) is 2. The molecule has 1 atom stereocenters. The van der Waals surface area contributed by atoms with E-state index < -0.39 is 0 Å². The van der Waals surface area contributed by atoms with Crippen LogP contribution in [0.1, 0.15) is 26.0 Å². The number of rotatable bonds is 4. The number of anilines is 1. The predicted molar refractivity (Wildman–Crippen MR) is 70.0 cm³/mol. The van der Waals surface area contributed by atoms with Gasteiger partial charge in [-0.05, 0) is 31.5 Å². The lowest BCUT2D eigenvalue weighted by molar-refractivity contribution is 0.571. The highest BCUT2D eigenvalue weighted by Gasteiger charge is 2.15. The van der Waals surface area contributed by atoms with Crippen molar-refractivity contribution in [2.75, 3.05) is 5.32 Å². The molecule has 0 radical (unpaired) electrons. The molecule has 5 heteroatoms. The molecule has 1 heterocycles. The topological polar surface area (TPSA) is 61.9 Å². The van der Waals surface area contributed by atoms with Crippen LogP contribution in [0.5, 0.6) is 0 Å². The molecule has 0 aliphatic carbocycles. The highest BCUT2D eigenvalue weighted by atomic mass is 19.1. The SMILES string of the molecule is CC[C@H](C)Nc1oc(-c2cccc(F)c2)nc1C#N. The molecule has 4 nitrogen and oxygen atoms in total. The van der Waals surface area contributed by atoms with Crippen molar-refractivity contribution >= 4 is 5.88 Å². The largest absolute Gasteiger partial charge is 0.419 e. The number of halogens is 1. The van der Waals surface area contributed by atoms with Crippen molar-refractivity contribution in [2.24, 2.45) is 0 Å². The molecule has 2 rings (SSSR count). The third-order valence-corrected chi connectivity index (χ3v) is 2.79. The van der Waals surface area contributed by atoms with Crippen LogP contribution < -0.4 is 5.32 Å². The maximum Gasteiger partial charge on any atom is 0.232 e. The Morgan fingerprint density at radius 2 is 2.32 bits per heavy atom. The van der Waals surface area contributed by atoms with Crippen LogP contribution in [0.3, 0.4) is 0 Å². The smallest absolute Gasteiger partial charge is 0.232 e. The lowest BCUT2D eigenvalue weighted by atomic mass is 10.2. The van der Waals surface area contributed by atoms with Crippen LogP contribution in [-0.4, -0.2) is 11.0 Å². The standard InChI is InChI=1S/C14H14FN3O/c1-3-9(2)17-14-12(8-16)18-13(19-14)10-5-4-6-11(15)7-10/h4-7,9,17H,3H2,1-2H3/t9-/m0/s1. The van der Waals surface area contributed by atoms with E-state index in [0.717, 1.165) is 6.42 Å². The minimum absolute atomic E-state index is 0.167. The summed E-state index contributed by atoms with van der Waals surface area (Å²) in [7, 11) is 0. The Kier molecular flexibility index (Phi) is 3.81. The van der Waals surface area contributed by atoms with E-state index in [4.69, 9.17) is 9.68 Å². The first-order valence-corrected chi connectivity index (χ1v) is 6.07. The number of hydrogen-bond acceptors (Lipinski definition) is 4. The van der Waals surface area contributed by atoms with E-state index in [9.17, 15) is 4.39 Å². The van der Waals surface area contributed by atoms with Crippen LogP contribution in [0.4, 0.5) is 10.3 Å². The average Bonchev–Trinajstić information content (AvgIpc) is 2.81. The van der Waals surface area contributed by atoms with Crippen molar-refractivity contribution < 1.29 is 8.81 Å². The lowest BCUT2D eigenvalue weighted by Crippen LogP contribution is -2.13. The van der Waals surface area contributed by atoms with Gasteiger partial charge in [0.1, 0.15) is 11.9 Å². The van der Waals surface area contributed by atoms with Crippen molar-refractivity contribution in [3.63, 3.8) is 0 Å². The van der Waals surface area contributed by atoms with Gasteiger partial charge in [-0.15, -0.1) is 0 Å². The summed E-state index contributed by atoms with van der Waals surface area (Å²) in [6, 6.07) is 8.05. The number of hydrogen-bond donors (Lipinski definition) is 1. The molecule has 98 valence electrons. The first-order chi connectivity index (χ1) is 9.13. The average molecular weight is 259 g/mol. The zero-order valence-electron chi connectivity index (χ0n) is 10.8. The van der Waals surface area contributed by atoms with E-state index in [-0.39, 0.29) is 23.4 Å². The minimum atomic E-state index is -0.370. The maximum absolute atomic E-state index is 13.2. The number of oxazole rings is 1. The number of nitrogens with one attached hydrogen (secondary N) is 1. The second-order valence-electron chi connectivity index (χ2n) is 4.27. The third kappa shape index (κ3) is 2.91. The van der Waals surface area contributed by atoms with E-state index in [1.54, 1.807) is 12.1 Å². The van der Waals surface area contributed by atoms with Crippen molar-refractivity contribution in [3.8, 4) is 17.5 Å². The first kappa shape index (κ1) is 13.1. The molecule has 0 unspecified atom stereocenters. The summed E-state index contributed by atoms with van der Waals surface area (Å²) >= 11 is 0. The van der Waals surface area contributed by atoms with Gasteiger partial charge in [-0.3, -0.25) is 0 Å². The molecule has 0 amide bonds. The van der Waals surface area contributed by atoms with E-state index in [1.165, 1.54) is 12.1 Å². The molecule has 19 heavy (non-hydrogen) atoms. The summed E-state index contributed by atoms with van der Waals surface area (Å²) in [5.41, 5.74) is 0.688. The molecule has 0 saturated carbocycles. The molecular weight excluding hydrogens is 245 g/mol. The summed E-state index contributed by atoms with van der Waals surface area (Å²) < 4.78 is 18.7. The molecule has 1 aromatic heterocycles. The molecule has 0 bridgehead atoms. The molecule has 0 fully saturated rings. The van der Waals surface area contributed by atoms with Gasteiger partial charge in [0.05, 0.1) is 0 Å². The highest BCUT2D eigenvalue weighted by Crippen LogP contribution is 2.26. The van der Waals surface area contributed by atoms with Crippen LogP contribution in [0.2, 0.25) is 0 Å². The maximum atomic E-state index is 13.2. The van der Waals surface area contributed by atoms with Gasteiger partial charge in [0.25, 0.3) is 0 Å². The van der Waals surface area contributed by atoms with Crippen LogP contribution in [-0.2, 0) is 0 Å². The van der Waals surface area contributed by atoms with Crippen molar-refractivity contribution in [1.29, 1.82) is 5.26 Å². The Morgan fingerprint density at radius 3 is 2.95 bits per heavy atom. The van der Waals surface area contributed by atoms with Gasteiger partial charge < -0.3 is 9.73 Å². The van der Waals surface area contributed by atoms with Gasteiger partial charge in [0, 0.05) is 11.6 Å². The minimum Gasteiger partial charge on any atom is -0.419 e. The van der Waals surface area contributed by atoms with Gasteiger partial charge in [-0.2, -0.15) is 10.2 Å². The summed E-state index contributed by atoms with van der Waals surface area (Å²) in [6.07, 6.45) is 0.890. The molecule has 1 N–H and O–H groups in total. The number of aromatic nitrogens is 1. The molecule has 0 aliphatic rings. The molecule has 2 aromatic rings. The molecule has 1 aromatic carbocycles. The van der Waals surface area contributed by atoms with Crippen LogP contribution in [0.15, 0.2) is 28.7 Å². The summed E-state index contributed by atoms with van der Waals surface area (Å²) in [4.78, 5) is 4.07. The normalized spacial score (nSPS) is 11.9. The third-order valence-electron chi connectivity index (χ3n) is 2.79. The number of benzene rings is 1. The summed E-state index contributed by atoms with van der Waals surface area (Å²) in [6.45, 7) is 4.00. The van der Waals surface area contributed by atoms with Gasteiger partial charge in [0.15, 0.2) is 0 Å². The van der Waals surface area contributed by atoms with E-state index in [0.29, 0.717) is 11.4 Å². The van der Waals surface area contributed by atoms with Crippen molar-refractivity contribution in [2.45, 2.75) is 26.3 Å². The lowest BCUT2D eigenvalue weighted by Gasteiger charge is -2.09. The van der Waals surface area contributed by atoms with Crippen LogP contribution >= 0.6 is 0 Å². The Labute approximate surface area is 110 Å². The summed E-state index contributed by atoms with van der Waals surface area (Å²) in [5, 5.41) is 12.1. The molecule has 0 spiro atoms. The Hall–Kier alpha value is -2.35. The Morgan fingerprint density at radius 1 is 1.53 bits per heavy atom. The molecule has 0 aliphatic heterocycles. The van der Waals surface area contributed by atoms with Gasteiger partial charge >= 0.3 is 0 Å². The second kappa shape index (κ2) is 5.53. The van der Waals surface area contributed by atoms with Gasteiger partial charge in [-0.25, -0.2) is 4.39 Å². The number of nitriles is 1. The van der Waals surface area contributed by atoms with Crippen LogP contribution in [0, 0.1) is 17.1 Å². The zero-order valence-corrected chi connectivity index (χ0v) is 10.8. The molecule has 0 saturated heterocycles. The van der Waals surface area contributed by atoms with Crippen molar-refractivity contribution in [1.82, 2.24) is 4.98 Å². The zero-order chi connectivity index (χ0) is 13.8. The predicted octanol–water partition coefficient (Wildman–Crippen LogP) is 3.56. The second-order valence-corrected chi connectivity index (χ2v) is 4.27. The quantitative estimate of drug-likeness (QED) is 0.911. The Bertz CT molecular complexity index is 615. The van der Waals surface area contributed by atoms with E-state index in [2.05, 4.69) is 10.3 Å². The fraction of sp³-hybridized carbons (Fsp3) is 0.286.